The third-order valence-corrected chi connectivity index (χ3v) is 3.83. The van der Waals surface area contributed by atoms with Crippen LogP contribution in [0.2, 0.25) is 0 Å². The zero-order valence-electron chi connectivity index (χ0n) is 9.69. The second-order valence-electron chi connectivity index (χ2n) is 4.89. The average molecular weight is 240 g/mol. The summed E-state index contributed by atoms with van der Waals surface area (Å²) in [6, 6.07) is 9.15. The van der Waals surface area contributed by atoms with Crippen LogP contribution in [-0.4, -0.2) is 13.2 Å². The zero-order valence-corrected chi connectivity index (χ0v) is 10.5. The molecule has 1 saturated carbocycles. The number of hydrogen-bond acceptors (Lipinski definition) is 2. The number of hydrogen-bond donors (Lipinski definition) is 1. The highest BCUT2D eigenvalue weighted by Crippen LogP contribution is 2.58. The van der Waals surface area contributed by atoms with E-state index in [1.165, 1.54) is 18.4 Å². The lowest BCUT2D eigenvalue weighted by molar-refractivity contribution is 0.412. The van der Waals surface area contributed by atoms with Crippen LogP contribution in [-0.2, 0) is 5.54 Å². The molecule has 88 valence electrons. The van der Waals surface area contributed by atoms with E-state index in [1.54, 1.807) is 7.11 Å². The van der Waals surface area contributed by atoms with E-state index in [2.05, 4.69) is 30.4 Å². The van der Waals surface area contributed by atoms with Crippen LogP contribution in [0.5, 0.6) is 5.75 Å². The SMILES string of the molecule is COc1cccc(C23CC2CC(C)N3)c1.Cl. The van der Waals surface area contributed by atoms with Crippen LogP contribution in [0.25, 0.3) is 0 Å². The lowest BCUT2D eigenvalue weighted by Gasteiger charge is -2.17. The molecular formula is C13H18ClNO. The van der Waals surface area contributed by atoms with Crippen molar-refractivity contribution in [3.63, 3.8) is 0 Å². The van der Waals surface area contributed by atoms with Gasteiger partial charge in [0.1, 0.15) is 5.75 Å². The van der Waals surface area contributed by atoms with Crippen molar-refractivity contribution in [2.45, 2.75) is 31.3 Å². The summed E-state index contributed by atoms with van der Waals surface area (Å²) in [5.41, 5.74) is 1.68. The summed E-state index contributed by atoms with van der Waals surface area (Å²) < 4.78 is 5.28. The summed E-state index contributed by atoms with van der Waals surface area (Å²) in [5, 5.41) is 3.72. The summed E-state index contributed by atoms with van der Waals surface area (Å²) in [5.74, 6) is 1.81. The molecule has 1 aromatic carbocycles. The van der Waals surface area contributed by atoms with Gasteiger partial charge in [0.2, 0.25) is 0 Å². The Morgan fingerprint density at radius 3 is 2.88 bits per heavy atom. The van der Waals surface area contributed by atoms with Crippen molar-refractivity contribution >= 4 is 12.4 Å². The molecule has 0 aromatic heterocycles. The number of ether oxygens (including phenoxy) is 1. The predicted octanol–water partition coefficient (Wildman–Crippen LogP) is 2.71. The topological polar surface area (TPSA) is 21.3 Å². The maximum atomic E-state index is 5.28. The highest BCUT2D eigenvalue weighted by Gasteiger charge is 2.60. The van der Waals surface area contributed by atoms with E-state index in [0.29, 0.717) is 6.04 Å². The van der Waals surface area contributed by atoms with Gasteiger partial charge in [0.05, 0.1) is 7.11 Å². The first kappa shape index (κ1) is 11.7. The third-order valence-electron chi connectivity index (χ3n) is 3.83. The Bertz CT molecular complexity index is 395. The summed E-state index contributed by atoms with van der Waals surface area (Å²) in [6.07, 6.45) is 2.61. The monoisotopic (exact) mass is 239 g/mol. The Balaban J connectivity index is 0.000000963. The molecule has 3 unspecified atom stereocenters. The summed E-state index contributed by atoms with van der Waals surface area (Å²) in [6.45, 7) is 2.27. The van der Waals surface area contributed by atoms with Crippen LogP contribution in [0.15, 0.2) is 24.3 Å². The highest BCUT2D eigenvalue weighted by atomic mass is 35.5. The van der Waals surface area contributed by atoms with Gasteiger partial charge in [-0.3, -0.25) is 0 Å². The van der Waals surface area contributed by atoms with Crippen molar-refractivity contribution < 1.29 is 4.74 Å². The molecule has 0 bridgehead atoms. The van der Waals surface area contributed by atoms with Crippen LogP contribution in [0.4, 0.5) is 0 Å². The van der Waals surface area contributed by atoms with E-state index in [4.69, 9.17) is 4.74 Å². The van der Waals surface area contributed by atoms with Gasteiger partial charge >= 0.3 is 0 Å². The quantitative estimate of drug-likeness (QED) is 0.857. The molecule has 0 radical (unpaired) electrons. The number of nitrogens with one attached hydrogen (secondary N) is 1. The minimum absolute atomic E-state index is 0. The Kier molecular flexibility index (Phi) is 2.89. The van der Waals surface area contributed by atoms with Crippen LogP contribution < -0.4 is 10.1 Å². The number of fused-ring (bicyclic) bond motifs is 1. The Morgan fingerprint density at radius 2 is 2.25 bits per heavy atom. The van der Waals surface area contributed by atoms with Crippen molar-refractivity contribution in [3.05, 3.63) is 29.8 Å². The van der Waals surface area contributed by atoms with Gasteiger partial charge in [-0.2, -0.15) is 0 Å². The third kappa shape index (κ3) is 1.61. The Morgan fingerprint density at radius 1 is 1.44 bits per heavy atom. The number of halogens is 1. The first-order valence-corrected chi connectivity index (χ1v) is 5.67. The maximum absolute atomic E-state index is 5.28. The van der Waals surface area contributed by atoms with Crippen molar-refractivity contribution in [1.82, 2.24) is 5.32 Å². The number of rotatable bonds is 2. The largest absolute Gasteiger partial charge is 0.497 e. The molecule has 2 fully saturated rings. The van der Waals surface area contributed by atoms with E-state index in [0.717, 1.165) is 11.7 Å². The lowest BCUT2D eigenvalue weighted by Crippen LogP contribution is -2.31. The molecule has 1 saturated heterocycles. The van der Waals surface area contributed by atoms with Gasteiger partial charge in [0, 0.05) is 11.6 Å². The molecule has 0 amide bonds. The van der Waals surface area contributed by atoms with Crippen LogP contribution in [0.1, 0.15) is 25.3 Å². The summed E-state index contributed by atoms with van der Waals surface area (Å²) in [7, 11) is 1.73. The van der Waals surface area contributed by atoms with Gasteiger partial charge < -0.3 is 10.1 Å². The van der Waals surface area contributed by atoms with Crippen molar-refractivity contribution in [3.8, 4) is 5.75 Å². The van der Waals surface area contributed by atoms with Gasteiger partial charge in [-0.1, -0.05) is 12.1 Å². The summed E-state index contributed by atoms with van der Waals surface area (Å²) in [4.78, 5) is 0. The molecule has 1 heterocycles. The van der Waals surface area contributed by atoms with Gasteiger partial charge in [0.25, 0.3) is 0 Å². The van der Waals surface area contributed by atoms with Gasteiger partial charge in [-0.15, -0.1) is 12.4 Å². The first-order chi connectivity index (χ1) is 7.24. The van der Waals surface area contributed by atoms with Crippen LogP contribution >= 0.6 is 12.4 Å². The molecule has 16 heavy (non-hydrogen) atoms. The van der Waals surface area contributed by atoms with E-state index in [1.807, 2.05) is 6.07 Å². The normalized spacial score (nSPS) is 35.1. The lowest BCUT2D eigenvalue weighted by atomic mass is 10.0. The number of methoxy groups -OCH3 is 1. The van der Waals surface area contributed by atoms with E-state index < -0.39 is 0 Å². The maximum Gasteiger partial charge on any atom is 0.119 e. The Hall–Kier alpha value is -0.730. The average Bonchev–Trinajstić information content (AvgIpc) is 2.83. The molecule has 1 aliphatic carbocycles. The molecule has 3 heteroatoms. The smallest absolute Gasteiger partial charge is 0.119 e. The van der Waals surface area contributed by atoms with Crippen LogP contribution in [0, 0.1) is 5.92 Å². The Labute approximate surface area is 103 Å². The van der Waals surface area contributed by atoms with E-state index >= 15 is 0 Å². The fraction of sp³-hybridized carbons (Fsp3) is 0.538. The first-order valence-electron chi connectivity index (χ1n) is 5.67. The molecule has 3 rings (SSSR count). The molecular weight excluding hydrogens is 222 g/mol. The van der Waals surface area contributed by atoms with Crippen molar-refractivity contribution in [2.75, 3.05) is 7.11 Å². The van der Waals surface area contributed by atoms with Crippen LogP contribution in [0.3, 0.4) is 0 Å². The molecule has 0 spiro atoms. The molecule has 3 atom stereocenters. The highest BCUT2D eigenvalue weighted by molar-refractivity contribution is 5.85. The number of piperidine rings is 1. The molecule has 2 aliphatic rings. The van der Waals surface area contributed by atoms with Gasteiger partial charge in [-0.25, -0.2) is 0 Å². The molecule has 2 nitrogen and oxygen atoms in total. The van der Waals surface area contributed by atoms with Crippen molar-refractivity contribution in [2.24, 2.45) is 5.92 Å². The second-order valence-corrected chi connectivity index (χ2v) is 4.89. The minimum Gasteiger partial charge on any atom is -0.497 e. The molecule has 1 N–H and O–H groups in total. The number of benzene rings is 1. The van der Waals surface area contributed by atoms with Crippen molar-refractivity contribution in [1.29, 1.82) is 0 Å². The van der Waals surface area contributed by atoms with Gasteiger partial charge in [0.15, 0.2) is 0 Å². The predicted molar refractivity (Wildman–Crippen MR) is 67.2 cm³/mol. The standard InChI is InChI=1S/C13H17NO.ClH/c1-9-6-11-8-13(11,14-9)10-4-3-5-12(7-10)15-2;/h3-5,7,9,11,14H,6,8H2,1-2H3;1H. The van der Waals surface area contributed by atoms with E-state index in [-0.39, 0.29) is 17.9 Å². The zero-order chi connectivity index (χ0) is 10.5. The van der Waals surface area contributed by atoms with E-state index in [9.17, 15) is 0 Å². The molecule has 1 aromatic rings. The fourth-order valence-corrected chi connectivity index (χ4v) is 3.05. The van der Waals surface area contributed by atoms with Gasteiger partial charge in [-0.05, 0) is 43.4 Å². The summed E-state index contributed by atoms with van der Waals surface area (Å²) >= 11 is 0. The minimum atomic E-state index is 0. The second kappa shape index (κ2) is 3.94. The molecule has 1 aliphatic heterocycles. The fourth-order valence-electron chi connectivity index (χ4n) is 3.05.